The van der Waals surface area contributed by atoms with Crippen LogP contribution in [0.5, 0.6) is 0 Å². The van der Waals surface area contributed by atoms with Crippen LogP contribution in [0.25, 0.3) is 0 Å². The number of nitrogens with two attached hydrogens (primary N) is 2. The number of ketones is 1. The normalized spacial score (nSPS) is 12.9. The van der Waals surface area contributed by atoms with E-state index in [0.29, 0.717) is 11.5 Å². The van der Waals surface area contributed by atoms with Crippen LogP contribution in [0.15, 0.2) is 12.3 Å². The molecule has 0 radical (unpaired) electrons. The van der Waals surface area contributed by atoms with Gasteiger partial charge in [0.25, 0.3) is 0 Å². The van der Waals surface area contributed by atoms with Crippen molar-refractivity contribution < 1.29 is 4.79 Å². The molecule has 1 heterocycles. The van der Waals surface area contributed by atoms with Crippen LogP contribution in [0.2, 0.25) is 0 Å². The second kappa shape index (κ2) is 4.95. The largest absolute Gasteiger partial charge is 0.324 e. The lowest BCUT2D eigenvalue weighted by Gasteiger charge is -2.13. The molecule has 4 N–H and O–H groups in total. The highest BCUT2D eigenvalue weighted by Crippen LogP contribution is 2.06. The smallest absolute Gasteiger partial charge is 0.198 e. The Morgan fingerprint density at radius 1 is 1.53 bits per heavy atom. The maximum atomic E-state index is 11.8. The van der Waals surface area contributed by atoms with Crippen molar-refractivity contribution in [1.82, 2.24) is 9.97 Å². The molecule has 0 fully saturated rings. The number of nitrogens with zero attached hydrogens (tertiary/aromatic N) is 2. The van der Waals surface area contributed by atoms with Gasteiger partial charge in [0.2, 0.25) is 0 Å². The third-order valence-electron chi connectivity index (χ3n) is 2.16. The molecule has 1 rings (SSSR count). The average molecular weight is 208 g/mol. The Kier molecular flexibility index (Phi) is 3.88. The monoisotopic (exact) mass is 208 g/mol. The third-order valence-corrected chi connectivity index (χ3v) is 2.16. The van der Waals surface area contributed by atoms with E-state index in [1.165, 1.54) is 6.20 Å². The van der Waals surface area contributed by atoms with Gasteiger partial charge >= 0.3 is 0 Å². The standard InChI is InChI=1S/C10H16N4O/c1-6(2)9(12)10(15)7-3-4-13-8(5-11)14-7/h3-4,6,9H,5,11-12H2,1-2H3. The molecule has 1 atom stereocenters. The number of carbonyl (C=O) groups excluding carboxylic acids is 1. The quantitative estimate of drug-likeness (QED) is 0.684. The van der Waals surface area contributed by atoms with Gasteiger partial charge in [-0.15, -0.1) is 0 Å². The topological polar surface area (TPSA) is 94.9 Å². The van der Waals surface area contributed by atoms with Gasteiger partial charge in [0.1, 0.15) is 11.5 Å². The molecule has 0 aromatic carbocycles. The van der Waals surface area contributed by atoms with Gasteiger partial charge in [-0.1, -0.05) is 13.8 Å². The van der Waals surface area contributed by atoms with Crippen LogP contribution in [0.3, 0.4) is 0 Å². The Morgan fingerprint density at radius 2 is 2.20 bits per heavy atom. The zero-order chi connectivity index (χ0) is 11.4. The Bertz CT molecular complexity index is 351. The molecule has 82 valence electrons. The minimum atomic E-state index is -0.523. The van der Waals surface area contributed by atoms with Crippen LogP contribution in [-0.4, -0.2) is 21.8 Å². The highest BCUT2D eigenvalue weighted by Gasteiger charge is 2.20. The molecule has 0 spiro atoms. The first kappa shape index (κ1) is 11.7. The lowest BCUT2D eigenvalue weighted by molar-refractivity contribution is 0.0935. The summed E-state index contributed by atoms with van der Waals surface area (Å²) in [5.41, 5.74) is 11.5. The molecule has 0 saturated carbocycles. The maximum absolute atomic E-state index is 11.8. The van der Waals surface area contributed by atoms with E-state index in [-0.39, 0.29) is 18.2 Å². The minimum Gasteiger partial charge on any atom is -0.324 e. The van der Waals surface area contributed by atoms with Crippen molar-refractivity contribution in [2.45, 2.75) is 26.4 Å². The number of carbonyl (C=O) groups is 1. The molecule has 1 aromatic heterocycles. The van der Waals surface area contributed by atoms with Crippen molar-refractivity contribution in [1.29, 1.82) is 0 Å². The molecule has 1 aromatic rings. The van der Waals surface area contributed by atoms with Crippen LogP contribution in [0, 0.1) is 5.92 Å². The number of hydrogen-bond acceptors (Lipinski definition) is 5. The van der Waals surface area contributed by atoms with Crippen LogP contribution in [0.4, 0.5) is 0 Å². The molecular formula is C10H16N4O. The van der Waals surface area contributed by atoms with E-state index < -0.39 is 6.04 Å². The Morgan fingerprint density at radius 3 is 2.73 bits per heavy atom. The van der Waals surface area contributed by atoms with Crippen LogP contribution >= 0.6 is 0 Å². The fourth-order valence-corrected chi connectivity index (χ4v) is 1.11. The predicted octanol–water partition coefficient (Wildman–Crippen LogP) is 0.101. The molecule has 0 saturated heterocycles. The summed E-state index contributed by atoms with van der Waals surface area (Å²) in [6.45, 7) is 4.01. The number of hydrogen-bond donors (Lipinski definition) is 2. The fraction of sp³-hybridized carbons (Fsp3) is 0.500. The molecular weight excluding hydrogens is 192 g/mol. The SMILES string of the molecule is CC(C)C(N)C(=O)c1ccnc(CN)n1. The van der Waals surface area contributed by atoms with E-state index in [1.807, 2.05) is 13.8 Å². The molecule has 0 amide bonds. The first-order valence-electron chi connectivity index (χ1n) is 4.88. The van der Waals surface area contributed by atoms with Crippen LogP contribution in [-0.2, 0) is 6.54 Å². The highest BCUT2D eigenvalue weighted by molar-refractivity contribution is 5.98. The lowest BCUT2D eigenvalue weighted by atomic mass is 9.99. The third kappa shape index (κ3) is 2.81. The Hall–Kier alpha value is -1.33. The molecule has 5 heteroatoms. The van der Waals surface area contributed by atoms with Crippen molar-refractivity contribution in [3.8, 4) is 0 Å². The van der Waals surface area contributed by atoms with Crippen molar-refractivity contribution in [2.24, 2.45) is 17.4 Å². The molecule has 0 aliphatic heterocycles. The number of Topliss-reactive ketones (excluding diaryl/α,β-unsaturated/α-hetero) is 1. The number of rotatable bonds is 4. The van der Waals surface area contributed by atoms with Crippen molar-refractivity contribution in [2.75, 3.05) is 0 Å². The van der Waals surface area contributed by atoms with E-state index in [1.54, 1.807) is 6.07 Å². The second-order valence-electron chi connectivity index (χ2n) is 3.70. The van der Waals surface area contributed by atoms with Gasteiger partial charge in [0.05, 0.1) is 12.6 Å². The fourth-order valence-electron chi connectivity index (χ4n) is 1.11. The molecule has 0 aliphatic rings. The van der Waals surface area contributed by atoms with Gasteiger partial charge < -0.3 is 11.5 Å². The van der Waals surface area contributed by atoms with Gasteiger partial charge in [-0.3, -0.25) is 4.79 Å². The zero-order valence-corrected chi connectivity index (χ0v) is 8.97. The summed E-state index contributed by atoms with van der Waals surface area (Å²) in [6, 6.07) is 1.04. The van der Waals surface area contributed by atoms with Crippen LogP contribution in [0.1, 0.15) is 30.2 Å². The Labute approximate surface area is 88.9 Å². The van der Waals surface area contributed by atoms with Crippen molar-refractivity contribution in [3.05, 3.63) is 23.8 Å². The van der Waals surface area contributed by atoms with Crippen molar-refractivity contribution >= 4 is 5.78 Å². The number of aromatic nitrogens is 2. The molecule has 1 unspecified atom stereocenters. The van der Waals surface area contributed by atoms with Gasteiger partial charge in [-0.2, -0.15) is 0 Å². The maximum Gasteiger partial charge on any atom is 0.198 e. The lowest BCUT2D eigenvalue weighted by Crippen LogP contribution is -2.36. The van der Waals surface area contributed by atoms with Gasteiger partial charge in [0, 0.05) is 6.20 Å². The van der Waals surface area contributed by atoms with Crippen molar-refractivity contribution in [3.63, 3.8) is 0 Å². The summed E-state index contributed by atoms with van der Waals surface area (Å²) in [5, 5.41) is 0. The average Bonchev–Trinajstić information content (AvgIpc) is 2.27. The van der Waals surface area contributed by atoms with Crippen LogP contribution < -0.4 is 11.5 Å². The predicted molar refractivity (Wildman–Crippen MR) is 57.1 cm³/mol. The molecule has 5 nitrogen and oxygen atoms in total. The zero-order valence-electron chi connectivity index (χ0n) is 8.97. The highest BCUT2D eigenvalue weighted by atomic mass is 16.1. The summed E-state index contributed by atoms with van der Waals surface area (Å²) in [5.74, 6) is 0.382. The summed E-state index contributed by atoms with van der Waals surface area (Å²) in [4.78, 5) is 19.7. The Balaban J connectivity index is 2.91. The molecule has 15 heavy (non-hydrogen) atoms. The van der Waals surface area contributed by atoms with E-state index in [4.69, 9.17) is 11.5 Å². The summed E-state index contributed by atoms with van der Waals surface area (Å²) in [6.07, 6.45) is 1.52. The van der Waals surface area contributed by atoms with E-state index in [0.717, 1.165) is 0 Å². The van der Waals surface area contributed by atoms with E-state index in [9.17, 15) is 4.79 Å². The summed E-state index contributed by atoms with van der Waals surface area (Å²) < 4.78 is 0. The molecule has 0 bridgehead atoms. The van der Waals surface area contributed by atoms with Gasteiger partial charge in [-0.05, 0) is 12.0 Å². The minimum absolute atomic E-state index is 0.0915. The summed E-state index contributed by atoms with van der Waals surface area (Å²) in [7, 11) is 0. The molecule has 0 aliphatic carbocycles. The summed E-state index contributed by atoms with van der Waals surface area (Å²) >= 11 is 0. The second-order valence-corrected chi connectivity index (χ2v) is 3.70. The van der Waals surface area contributed by atoms with E-state index >= 15 is 0 Å². The first-order chi connectivity index (χ1) is 7.06. The van der Waals surface area contributed by atoms with Gasteiger partial charge in [0.15, 0.2) is 5.78 Å². The van der Waals surface area contributed by atoms with E-state index in [2.05, 4.69) is 9.97 Å². The first-order valence-corrected chi connectivity index (χ1v) is 4.88. The van der Waals surface area contributed by atoms with Gasteiger partial charge in [-0.25, -0.2) is 9.97 Å².